The van der Waals surface area contributed by atoms with E-state index in [1.54, 1.807) is 12.4 Å². The molecule has 16 heavy (non-hydrogen) atoms. The summed E-state index contributed by atoms with van der Waals surface area (Å²) in [5, 5.41) is 8.23. The van der Waals surface area contributed by atoms with Gasteiger partial charge in [-0.3, -0.25) is 4.98 Å². The lowest BCUT2D eigenvalue weighted by molar-refractivity contribution is 1.13. The van der Waals surface area contributed by atoms with Crippen LogP contribution in [0.25, 0.3) is 0 Å². The Morgan fingerprint density at radius 1 is 1.00 bits per heavy atom. The van der Waals surface area contributed by atoms with Gasteiger partial charge in [-0.2, -0.15) is 5.11 Å². The van der Waals surface area contributed by atoms with E-state index in [2.05, 4.69) is 34.3 Å². The highest BCUT2D eigenvalue weighted by Gasteiger charge is 1.91. The maximum Gasteiger partial charge on any atom is 0.104 e. The van der Waals surface area contributed by atoms with Gasteiger partial charge in [-0.25, -0.2) is 0 Å². The molecular weight excluding hydrogens is 198 g/mol. The molecule has 0 fully saturated rings. The lowest BCUT2D eigenvalue weighted by Gasteiger charge is -1.96. The first-order chi connectivity index (χ1) is 7.88. The van der Waals surface area contributed by atoms with Gasteiger partial charge in [0.15, 0.2) is 0 Å². The summed E-state index contributed by atoms with van der Waals surface area (Å²) in [5.41, 5.74) is 2.93. The maximum atomic E-state index is 4.14. The molecule has 2 rings (SSSR count). The molecule has 80 valence electrons. The van der Waals surface area contributed by atoms with Crippen molar-refractivity contribution in [1.82, 2.24) is 4.98 Å². The number of pyridine rings is 1. The summed E-state index contributed by atoms with van der Waals surface area (Å²) in [7, 11) is 0. The van der Waals surface area contributed by atoms with Crippen molar-refractivity contribution in [2.45, 2.75) is 13.3 Å². The topological polar surface area (TPSA) is 37.6 Å². The predicted octanol–water partition coefficient (Wildman–Crippen LogP) is 4.06. The highest BCUT2D eigenvalue weighted by atomic mass is 15.1. The molecule has 0 bridgehead atoms. The number of benzene rings is 1. The van der Waals surface area contributed by atoms with Gasteiger partial charge >= 0.3 is 0 Å². The highest BCUT2D eigenvalue weighted by Crippen LogP contribution is 2.17. The van der Waals surface area contributed by atoms with E-state index in [-0.39, 0.29) is 0 Å². The van der Waals surface area contributed by atoms with Crippen molar-refractivity contribution in [2.75, 3.05) is 0 Å². The number of azo groups is 1. The van der Waals surface area contributed by atoms with E-state index in [0.717, 1.165) is 17.8 Å². The van der Waals surface area contributed by atoms with Crippen molar-refractivity contribution in [3.8, 4) is 0 Å². The van der Waals surface area contributed by atoms with Crippen LogP contribution in [0, 0.1) is 0 Å². The highest BCUT2D eigenvalue weighted by molar-refractivity contribution is 5.40. The molecule has 0 aliphatic rings. The Balaban J connectivity index is 2.12. The van der Waals surface area contributed by atoms with E-state index < -0.39 is 0 Å². The molecule has 1 heterocycles. The first-order valence-corrected chi connectivity index (χ1v) is 5.29. The minimum atomic E-state index is 0.766. The second-order valence-corrected chi connectivity index (χ2v) is 3.43. The van der Waals surface area contributed by atoms with Crippen LogP contribution in [0.1, 0.15) is 12.5 Å². The first kappa shape index (κ1) is 10.5. The van der Waals surface area contributed by atoms with Crippen LogP contribution in [-0.2, 0) is 6.42 Å². The van der Waals surface area contributed by atoms with E-state index >= 15 is 0 Å². The van der Waals surface area contributed by atoms with Crippen molar-refractivity contribution in [1.29, 1.82) is 0 Å². The minimum Gasteiger partial charge on any atom is -0.262 e. The molecule has 1 aromatic carbocycles. The normalized spacial score (nSPS) is 10.8. The minimum absolute atomic E-state index is 0.766. The molecule has 0 saturated carbocycles. The van der Waals surface area contributed by atoms with Crippen molar-refractivity contribution >= 4 is 11.4 Å². The first-order valence-electron chi connectivity index (χ1n) is 5.29. The SMILES string of the molecule is CCc1ccc(N=Nc2cccnc2)cc1. The standard InChI is InChI=1S/C13H13N3/c1-2-11-5-7-12(8-6-11)15-16-13-4-3-9-14-10-13/h3-10H,2H2,1H3. The molecule has 0 spiro atoms. The molecule has 0 amide bonds. The zero-order valence-corrected chi connectivity index (χ0v) is 9.17. The second-order valence-electron chi connectivity index (χ2n) is 3.43. The third-order valence-electron chi connectivity index (χ3n) is 2.27. The summed E-state index contributed by atoms with van der Waals surface area (Å²) < 4.78 is 0. The number of aryl methyl sites for hydroxylation is 1. The Morgan fingerprint density at radius 3 is 2.38 bits per heavy atom. The van der Waals surface area contributed by atoms with Gasteiger partial charge < -0.3 is 0 Å². The molecule has 0 radical (unpaired) electrons. The molecule has 0 aliphatic carbocycles. The second kappa shape index (κ2) is 5.16. The Morgan fingerprint density at radius 2 is 1.75 bits per heavy atom. The molecule has 3 heteroatoms. The number of aromatic nitrogens is 1. The molecule has 0 saturated heterocycles. The van der Waals surface area contributed by atoms with Crippen LogP contribution in [0.3, 0.4) is 0 Å². The van der Waals surface area contributed by atoms with Gasteiger partial charge in [0.2, 0.25) is 0 Å². The fourth-order valence-corrected chi connectivity index (χ4v) is 1.33. The predicted molar refractivity (Wildman–Crippen MR) is 64.2 cm³/mol. The molecule has 0 unspecified atom stereocenters. The molecule has 1 aromatic heterocycles. The quantitative estimate of drug-likeness (QED) is 0.705. The molecule has 0 atom stereocenters. The number of hydrogen-bond donors (Lipinski definition) is 0. The smallest absolute Gasteiger partial charge is 0.104 e. The van der Waals surface area contributed by atoms with Crippen LogP contribution in [0.15, 0.2) is 59.0 Å². The van der Waals surface area contributed by atoms with E-state index in [9.17, 15) is 0 Å². The summed E-state index contributed by atoms with van der Waals surface area (Å²) >= 11 is 0. The van der Waals surface area contributed by atoms with Gasteiger partial charge in [0.05, 0.1) is 11.9 Å². The summed E-state index contributed by atoms with van der Waals surface area (Å²) in [5.74, 6) is 0. The van der Waals surface area contributed by atoms with E-state index in [0.29, 0.717) is 0 Å². The molecule has 2 aromatic rings. The van der Waals surface area contributed by atoms with Crippen LogP contribution in [0.4, 0.5) is 11.4 Å². The lowest BCUT2D eigenvalue weighted by Crippen LogP contribution is -1.76. The average Bonchev–Trinajstić information content (AvgIpc) is 2.38. The fourth-order valence-electron chi connectivity index (χ4n) is 1.33. The van der Waals surface area contributed by atoms with Crippen molar-refractivity contribution < 1.29 is 0 Å². The Labute approximate surface area is 94.9 Å². The van der Waals surface area contributed by atoms with E-state index in [4.69, 9.17) is 0 Å². The van der Waals surface area contributed by atoms with Crippen LogP contribution < -0.4 is 0 Å². The number of nitrogens with zero attached hydrogens (tertiary/aromatic N) is 3. The molecular formula is C13H13N3. The summed E-state index contributed by atoms with van der Waals surface area (Å²) in [4.78, 5) is 3.97. The van der Waals surface area contributed by atoms with Gasteiger partial charge in [0, 0.05) is 6.20 Å². The Bertz CT molecular complexity index is 460. The molecule has 0 aliphatic heterocycles. The summed E-state index contributed by atoms with van der Waals surface area (Å²) in [6.07, 6.45) is 4.44. The number of rotatable bonds is 3. The van der Waals surface area contributed by atoms with Crippen molar-refractivity contribution in [2.24, 2.45) is 10.2 Å². The van der Waals surface area contributed by atoms with Gasteiger partial charge in [-0.05, 0) is 36.2 Å². The zero-order chi connectivity index (χ0) is 11.2. The van der Waals surface area contributed by atoms with Gasteiger partial charge in [0.1, 0.15) is 5.69 Å². The van der Waals surface area contributed by atoms with Gasteiger partial charge in [-0.15, -0.1) is 5.11 Å². The summed E-state index contributed by atoms with van der Waals surface area (Å²) in [6, 6.07) is 11.8. The average molecular weight is 211 g/mol. The Kier molecular flexibility index (Phi) is 3.38. The zero-order valence-electron chi connectivity index (χ0n) is 9.17. The van der Waals surface area contributed by atoms with Crippen LogP contribution in [0.5, 0.6) is 0 Å². The third-order valence-corrected chi connectivity index (χ3v) is 2.27. The molecule has 3 nitrogen and oxygen atoms in total. The van der Waals surface area contributed by atoms with Crippen LogP contribution in [-0.4, -0.2) is 4.98 Å². The maximum absolute atomic E-state index is 4.14. The van der Waals surface area contributed by atoms with Gasteiger partial charge in [0.25, 0.3) is 0 Å². The van der Waals surface area contributed by atoms with Crippen molar-refractivity contribution in [3.63, 3.8) is 0 Å². The Hall–Kier alpha value is -2.03. The third kappa shape index (κ3) is 2.73. The molecule has 0 N–H and O–H groups in total. The van der Waals surface area contributed by atoms with Crippen LogP contribution in [0.2, 0.25) is 0 Å². The summed E-state index contributed by atoms with van der Waals surface area (Å²) in [6.45, 7) is 2.13. The monoisotopic (exact) mass is 211 g/mol. The number of hydrogen-bond acceptors (Lipinski definition) is 3. The van der Waals surface area contributed by atoms with Crippen LogP contribution >= 0.6 is 0 Å². The van der Waals surface area contributed by atoms with Crippen molar-refractivity contribution in [3.05, 3.63) is 54.4 Å². The fraction of sp³-hybridized carbons (Fsp3) is 0.154. The van der Waals surface area contributed by atoms with E-state index in [1.165, 1.54) is 5.56 Å². The lowest BCUT2D eigenvalue weighted by atomic mass is 10.2. The van der Waals surface area contributed by atoms with E-state index in [1.807, 2.05) is 24.3 Å². The largest absolute Gasteiger partial charge is 0.262 e. The van der Waals surface area contributed by atoms with Gasteiger partial charge in [-0.1, -0.05) is 19.1 Å².